The second-order valence-corrected chi connectivity index (χ2v) is 13.8. The zero-order chi connectivity index (χ0) is 34.7. The fraction of sp³-hybridized carbons (Fsp3) is 0.385. The van der Waals surface area contributed by atoms with Gasteiger partial charge in [-0.15, -0.1) is 0 Å². The minimum atomic E-state index is -0.195. The van der Waals surface area contributed by atoms with E-state index in [9.17, 15) is 4.79 Å². The van der Waals surface area contributed by atoms with E-state index in [1.165, 1.54) is 5.56 Å². The van der Waals surface area contributed by atoms with Crippen LogP contribution in [0.25, 0.3) is 11.0 Å². The molecule has 3 aromatic carbocycles. The number of hydrogen-bond acceptors (Lipinski definition) is 8. The molecule has 2 fully saturated rings. The third-order valence-corrected chi connectivity index (χ3v) is 10.7. The first-order valence-electron chi connectivity index (χ1n) is 17.2. The third kappa shape index (κ3) is 6.87. The molecule has 2 aliphatic heterocycles. The van der Waals surface area contributed by atoms with Crippen LogP contribution in [0.15, 0.2) is 83.7 Å². The van der Waals surface area contributed by atoms with Crippen molar-refractivity contribution in [1.29, 1.82) is 0 Å². The van der Waals surface area contributed by atoms with Crippen LogP contribution in [0.1, 0.15) is 47.2 Å². The Morgan fingerprint density at radius 3 is 2.40 bits per heavy atom. The molecule has 7 rings (SSSR count). The van der Waals surface area contributed by atoms with Crippen molar-refractivity contribution in [2.45, 2.75) is 43.7 Å². The number of halogens is 1. The van der Waals surface area contributed by atoms with Crippen molar-refractivity contribution >= 4 is 34.5 Å². The van der Waals surface area contributed by atoms with Crippen molar-refractivity contribution in [3.8, 4) is 17.2 Å². The van der Waals surface area contributed by atoms with Crippen LogP contribution in [-0.2, 0) is 12.0 Å². The maximum atomic E-state index is 14.0. The number of aromatic amines is 1. The number of carbonyl (C=O) groups is 1. The molecule has 11 heteroatoms. The van der Waals surface area contributed by atoms with Crippen molar-refractivity contribution in [2.24, 2.45) is 0 Å². The molecule has 1 atom stereocenters. The number of piperidine rings is 1. The predicted molar refractivity (Wildman–Crippen MR) is 195 cm³/mol. The smallest absolute Gasteiger partial charge is 0.254 e. The Bertz CT molecular complexity index is 1850. The standard InChI is InChI=1S/C39H44ClN5O5/c1-47-34-22-28(23-35(48-2)36(34)49-3)37(46)44-20-16-39(26-44,29-8-10-30(40)11-9-29)15-19-43-17-12-31(13-18-43)45(24-27-14-21-50-25-27)38-41-32-6-4-5-7-33(32)42-38/h4-11,14,21-23,25,31H,12-13,15-20,24,26H2,1-3H3,(H,41,42). The first-order chi connectivity index (χ1) is 24.4. The van der Waals surface area contributed by atoms with E-state index in [2.05, 4.69) is 33.0 Å². The molecule has 1 N–H and O–H groups in total. The van der Waals surface area contributed by atoms with E-state index in [0.717, 1.165) is 74.4 Å². The minimum absolute atomic E-state index is 0.0517. The normalized spacial score (nSPS) is 18.4. The summed E-state index contributed by atoms with van der Waals surface area (Å²) in [6.45, 7) is 4.91. The molecule has 2 saturated heterocycles. The molecular weight excluding hydrogens is 654 g/mol. The maximum absolute atomic E-state index is 14.0. The number of methoxy groups -OCH3 is 3. The number of para-hydroxylation sites is 2. The average molecular weight is 698 g/mol. The number of aromatic nitrogens is 2. The Balaban J connectivity index is 1.06. The molecule has 262 valence electrons. The Labute approximate surface area is 297 Å². The second kappa shape index (κ2) is 14.7. The summed E-state index contributed by atoms with van der Waals surface area (Å²) in [7, 11) is 4.68. The summed E-state index contributed by atoms with van der Waals surface area (Å²) in [5, 5.41) is 0.707. The number of carbonyl (C=O) groups excluding carboxylic acids is 1. The Morgan fingerprint density at radius 1 is 1.00 bits per heavy atom. The van der Waals surface area contributed by atoms with E-state index in [1.54, 1.807) is 39.7 Å². The summed E-state index contributed by atoms with van der Waals surface area (Å²) in [6.07, 6.45) is 7.39. The van der Waals surface area contributed by atoms with Crippen LogP contribution in [0.4, 0.5) is 5.95 Å². The number of rotatable bonds is 12. The first-order valence-corrected chi connectivity index (χ1v) is 17.6. The second-order valence-electron chi connectivity index (χ2n) is 13.3. The van der Waals surface area contributed by atoms with E-state index in [-0.39, 0.29) is 11.3 Å². The average Bonchev–Trinajstić information content (AvgIpc) is 3.93. The lowest BCUT2D eigenvalue weighted by Gasteiger charge is -2.40. The molecular formula is C39H44ClN5O5. The van der Waals surface area contributed by atoms with Crippen molar-refractivity contribution in [1.82, 2.24) is 19.8 Å². The van der Waals surface area contributed by atoms with Crippen LogP contribution in [-0.4, -0.2) is 85.8 Å². The highest BCUT2D eigenvalue weighted by atomic mass is 35.5. The molecule has 0 spiro atoms. The largest absolute Gasteiger partial charge is 0.493 e. The van der Waals surface area contributed by atoms with Gasteiger partial charge in [-0.3, -0.25) is 4.79 Å². The van der Waals surface area contributed by atoms with Gasteiger partial charge in [-0.25, -0.2) is 4.98 Å². The molecule has 0 bridgehead atoms. The highest BCUT2D eigenvalue weighted by Crippen LogP contribution is 2.42. The van der Waals surface area contributed by atoms with E-state index < -0.39 is 0 Å². The van der Waals surface area contributed by atoms with Crippen LogP contribution >= 0.6 is 11.6 Å². The zero-order valence-electron chi connectivity index (χ0n) is 28.9. The lowest BCUT2D eigenvalue weighted by atomic mass is 9.76. The van der Waals surface area contributed by atoms with Crippen LogP contribution in [0.3, 0.4) is 0 Å². The maximum Gasteiger partial charge on any atom is 0.254 e. The molecule has 0 radical (unpaired) electrons. The number of likely N-dealkylation sites (tertiary alicyclic amines) is 2. The van der Waals surface area contributed by atoms with Gasteiger partial charge in [0, 0.05) is 60.3 Å². The molecule has 1 unspecified atom stereocenters. The molecule has 0 aliphatic carbocycles. The number of ether oxygens (including phenoxy) is 3. The summed E-state index contributed by atoms with van der Waals surface area (Å²) in [6, 6.07) is 22.2. The van der Waals surface area contributed by atoms with E-state index in [4.69, 9.17) is 35.2 Å². The molecule has 0 saturated carbocycles. The predicted octanol–water partition coefficient (Wildman–Crippen LogP) is 7.18. The van der Waals surface area contributed by atoms with Crippen molar-refractivity contribution in [3.63, 3.8) is 0 Å². The molecule has 2 aliphatic rings. The van der Waals surface area contributed by atoms with E-state index in [0.29, 0.717) is 47.0 Å². The van der Waals surface area contributed by atoms with Gasteiger partial charge in [-0.05, 0) is 80.3 Å². The Kier molecular flexibility index (Phi) is 9.92. The Hall–Kier alpha value is -4.67. The first kappa shape index (κ1) is 33.8. The van der Waals surface area contributed by atoms with Crippen molar-refractivity contribution < 1.29 is 23.4 Å². The van der Waals surface area contributed by atoms with Crippen LogP contribution in [0, 0.1) is 0 Å². The van der Waals surface area contributed by atoms with Gasteiger partial charge in [-0.2, -0.15) is 0 Å². The fourth-order valence-electron chi connectivity index (χ4n) is 7.68. The van der Waals surface area contributed by atoms with Gasteiger partial charge in [0.2, 0.25) is 11.7 Å². The van der Waals surface area contributed by atoms with E-state index >= 15 is 0 Å². The van der Waals surface area contributed by atoms with Gasteiger partial charge in [0.15, 0.2) is 11.5 Å². The zero-order valence-corrected chi connectivity index (χ0v) is 29.6. The number of nitrogens with zero attached hydrogens (tertiary/aromatic N) is 4. The van der Waals surface area contributed by atoms with Gasteiger partial charge in [0.25, 0.3) is 5.91 Å². The van der Waals surface area contributed by atoms with Crippen LogP contribution in [0.5, 0.6) is 17.2 Å². The summed E-state index contributed by atoms with van der Waals surface area (Å²) >= 11 is 6.33. The lowest BCUT2D eigenvalue weighted by molar-refractivity contribution is 0.0779. The number of benzene rings is 3. The molecule has 4 heterocycles. The van der Waals surface area contributed by atoms with Gasteiger partial charge < -0.3 is 38.3 Å². The SMILES string of the molecule is COc1cc(C(=O)N2CCC(CCN3CCC(N(Cc4ccoc4)c4nc5ccccc5[nH]4)CC3)(c3ccc(Cl)cc3)C2)cc(OC)c1OC. The number of fused-ring (bicyclic) bond motifs is 1. The van der Waals surface area contributed by atoms with Gasteiger partial charge in [0.05, 0.1) is 44.9 Å². The highest BCUT2D eigenvalue weighted by molar-refractivity contribution is 6.30. The van der Waals surface area contributed by atoms with Crippen LogP contribution < -0.4 is 19.1 Å². The lowest BCUT2D eigenvalue weighted by Crippen LogP contribution is -2.46. The number of imidazole rings is 1. The topological polar surface area (TPSA) is 96.3 Å². The van der Waals surface area contributed by atoms with Crippen LogP contribution in [0.2, 0.25) is 5.02 Å². The molecule has 10 nitrogen and oxygen atoms in total. The number of nitrogens with one attached hydrogen (secondary N) is 1. The summed E-state index contributed by atoms with van der Waals surface area (Å²) in [5.41, 5.74) is 4.67. The fourth-order valence-corrected chi connectivity index (χ4v) is 7.80. The van der Waals surface area contributed by atoms with Gasteiger partial charge >= 0.3 is 0 Å². The summed E-state index contributed by atoms with van der Waals surface area (Å²) in [4.78, 5) is 29.4. The highest BCUT2D eigenvalue weighted by Gasteiger charge is 2.42. The molecule has 2 aromatic heterocycles. The number of hydrogen-bond donors (Lipinski definition) is 1. The summed E-state index contributed by atoms with van der Waals surface area (Å²) in [5.74, 6) is 2.24. The minimum Gasteiger partial charge on any atom is -0.493 e. The molecule has 1 amide bonds. The van der Waals surface area contributed by atoms with Crippen molar-refractivity contribution in [2.75, 3.05) is 59.0 Å². The quantitative estimate of drug-likeness (QED) is 0.147. The number of amides is 1. The van der Waals surface area contributed by atoms with Gasteiger partial charge in [0.1, 0.15) is 0 Å². The monoisotopic (exact) mass is 697 g/mol. The molecule has 50 heavy (non-hydrogen) atoms. The van der Waals surface area contributed by atoms with Crippen molar-refractivity contribution in [3.05, 3.63) is 101 Å². The Morgan fingerprint density at radius 2 is 1.74 bits per heavy atom. The number of furan rings is 1. The summed E-state index contributed by atoms with van der Waals surface area (Å²) < 4.78 is 22.0. The third-order valence-electron chi connectivity index (χ3n) is 10.5. The number of anilines is 1. The molecule has 5 aromatic rings. The van der Waals surface area contributed by atoms with Gasteiger partial charge in [-0.1, -0.05) is 35.9 Å². The number of H-pyrrole nitrogens is 1. The van der Waals surface area contributed by atoms with E-state index in [1.807, 2.05) is 47.6 Å².